The zero-order valence-corrected chi connectivity index (χ0v) is 23.0. The van der Waals surface area contributed by atoms with E-state index in [1.54, 1.807) is 36.1 Å². The third kappa shape index (κ3) is 6.06. The number of imidazole rings is 1. The fourth-order valence-corrected chi connectivity index (χ4v) is 5.02. The molecule has 5 N–H and O–H groups in total. The van der Waals surface area contributed by atoms with E-state index in [-0.39, 0.29) is 28.7 Å². The highest BCUT2D eigenvalue weighted by Gasteiger charge is 2.47. The number of fused-ring (bicyclic) bond motifs is 1. The van der Waals surface area contributed by atoms with Crippen molar-refractivity contribution in [2.75, 3.05) is 25.4 Å². The Balaban J connectivity index is 1.22. The van der Waals surface area contributed by atoms with Gasteiger partial charge < -0.3 is 35.6 Å². The number of carbonyl (C=O) groups is 2. The molecular formula is C27H30ClN7O6. The number of nitrogen functional groups attached to an aromatic ring is 1. The molecule has 2 amide bonds. The number of rotatable bonds is 5. The maximum absolute atomic E-state index is 12.5. The lowest BCUT2D eigenvalue weighted by Gasteiger charge is -2.30. The standard InChI is InChI=1S/C27H30ClN7O6/c1-2-30-25(38)22-20(36)21(37)26(41-22)35-14-31-19-23(29)32-18(33-24(19)35)9-5-6-15-10-12-34(13-11-15)27(39)40-17-8-4-3-7-16(17)28/h3-4,7-8,14-15,20-22,26,36-37H,2,6,10-13H2,1H3,(H,30,38)(H2,29,32,33)/t20?,21-,22-,26+/m0/s1. The third-order valence-electron chi connectivity index (χ3n) is 7.07. The van der Waals surface area contributed by atoms with Crippen LogP contribution in [0, 0.1) is 17.8 Å². The molecule has 0 saturated carbocycles. The van der Waals surface area contributed by atoms with E-state index in [2.05, 4.69) is 32.1 Å². The number of amides is 2. The van der Waals surface area contributed by atoms with E-state index in [0.29, 0.717) is 36.8 Å². The molecular weight excluding hydrogens is 554 g/mol. The molecule has 0 spiro atoms. The average molecular weight is 584 g/mol. The highest BCUT2D eigenvalue weighted by molar-refractivity contribution is 6.32. The first-order valence-electron chi connectivity index (χ1n) is 13.3. The van der Waals surface area contributed by atoms with Gasteiger partial charge in [0.15, 0.2) is 29.5 Å². The van der Waals surface area contributed by atoms with Crippen LogP contribution < -0.4 is 15.8 Å². The second-order valence-corrected chi connectivity index (χ2v) is 10.2. The van der Waals surface area contributed by atoms with E-state index in [9.17, 15) is 19.8 Å². The molecule has 1 unspecified atom stereocenters. The number of likely N-dealkylation sites (tertiary alicyclic amines) is 1. The van der Waals surface area contributed by atoms with E-state index in [0.717, 1.165) is 12.8 Å². The Bertz CT molecular complexity index is 1500. The molecule has 5 rings (SSSR count). The molecule has 2 aromatic heterocycles. The van der Waals surface area contributed by atoms with Gasteiger partial charge in [-0.3, -0.25) is 9.36 Å². The Kier molecular flexibility index (Phi) is 8.55. The number of aliphatic hydroxyl groups is 2. The molecule has 2 saturated heterocycles. The van der Waals surface area contributed by atoms with Gasteiger partial charge in [0.1, 0.15) is 17.7 Å². The fraction of sp³-hybridized carbons (Fsp3) is 0.444. The number of piperidine rings is 1. The minimum absolute atomic E-state index is 0.0942. The van der Waals surface area contributed by atoms with E-state index >= 15 is 0 Å². The van der Waals surface area contributed by atoms with Crippen molar-refractivity contribution in [3.8, 4) is 17.6 Å². The molecule has 1 aromatic carbocycles. The van der Waals surface area contributed by atoms with Crippen LogP contribution in [-0.4, -0.2) is 84.6 Å². The second-order valence-electron chi connectivity index (χ2n) is 9.81. The molecule has 2 fully saturated rings. The number of hydrogen-bond donors (Lipinski definition) is 4. The Morgan fingerprint density at radius 3 is 2.71 bits per heavy atom. The van der Waals surface area contributed by atoms with Gasteiger partial charge in [0.2, 0.25) is 5.82 Å². The molecule has 0 bridgehead atoms. The van der Waals surface area contributed by atoms with Gasteiger partial charge in [0.05, 0.1) is 11.3 Å². The summed E-state index contributed by atoms with van der Waals surface area (Å²) < 4.78 is 12.5. The van der Waals surface area contributed by atoms with Gasteiger partial charge in [0.25, 0.3) is 5.91 Å². The van der Waals surface area contributed by atoms with Gasteiger partial charge in [0, 0.05) is 26.1 Å². The van der Waals surface area contributed by atoms with Crippen molar-refractivity contribution in [1.29, 1.82) is 0 Å². The number of aromatic nitrogens is 4. The van der Waals surface area contributed by atoms with Crippen molar-refractivity contribution in [3.05, 3.63) is 41.4 Å². The number of likely N-dealkylation sites (N-methyl/N-ethyl adjacent to an activating group) is 1. The summed E-state index contributed by atoms with van der Waals surface area (Å²) in [5, 5.41) is 23.9. The Labute approximate surface area is 240 Å². The number of hydrogen-bond acceptors (Lipinski definition) is 10. The fourth-order valence-electron chi connectivity index (χ4n) is 4.84. The molecule has 4 heterocycles. The van der Waals surface area contributed by atoms with E-state index in [1.165, 1.54) is 10.9 Å². The van der Waals surface area contributed by atoms with Crippen molar-refractivity contribution < 1.29 is 29.3 Å². The number of halogens is 1. The topological polar surface area (TPSA) is 178 Å². The van der Waals surface area contributed by atoms with Crippen LogP contribution >= 0.6 is 11.6 Å². The largest absolute Gasteiger partial charge is 0.415 e. The van der Waals surface area contributed by atoms with Gasteiger partial charge in [-0.05, 0) is 43.7 Å². The Morgan fingerprint density at radius 1 is 1.22 bits per heavy atom. The minimum Gasteiger partial charge on any atom is -0.409 e. The number of aliphatic hydroxyl groups excluding tert-OH is 2. The molecule has 3 aromatic rings. The maximum atomic E-state index is 12.5. The van der Waals surface area contributed by atoms with Crippen LogP contribution in [0.4, 0.5) is 10.6 Å². The first-order chi connectivity index (χ1) is 19.8. The van der Waals surface area contributed by atoms with Crippen LogP contribution in [0.3, 0.4) is 0 Å². The average Bonchev–Trinajstić information content (AvgIpc) is 3.51. The van der Waals surface area contributed by atoms with Crippen molar-refractivity contribution in [2.24, 2.45) is 5.92 Å². The molecule has 216 valence electrons. The van der Waals surface area contributed by atoms with E-state index in [1.807, 2.05) is 0 Å². The van der Waals surface area contributed by atoms with Gasteiger partial charge in [-0.1, -0.05) is 29.7 Å². The van der Waals surface area contributed by atoms with Crippen LogP contribution in [0.15, 0.2) is 30.6 Å². The van der Waals surface area contributed by atoms with Gasteiger partial charge >= 0.3 is 6.09 Å². The van der Waals surface area contributed by atoms with Crippen LogP contribution in [0.5, 0.6) is 5.75 Å². The number of nitrogens with zero attached hydrogens (tertiary/aromatic N) is 5. The minimum atomic E-state index is -1.44. The number of nitrogens with one attached hydrogen (secondary N) is 1. The van der Waals surface area contributed by atoms with Gasteiger partial charge in [-0.2, -0.15) is 0 Å². The lowest BCUT2D eigenvalue weighted by Crippen LogP contribution is -2.42. The predicted molar refractivity (Wildman–Crippen MR) is 148 cm³/mol. The number of ether oxygens (including phenoxy) is 2. The van der Waals surface area contributed by atoms with Crippen molar-refractivity contribution in [2.45, 2.75) is 50.7 Å². The van der Waals surface area contributed by atoms with Crippen LogP contribution in [0.2, 0.25) is 5.02 Å². The SMILES string of the molecule is CCNC(=O)[C@H]1O[C@@H](n2cnc3c(N)nc(C#CCC4CCN(C(=O)Oc5ccccc5Cl)CC4)nc32)[C@@H](O)C1O. The molecule has 0 aliphatic carbocycles. The summed E-state index contributed by atoms with van der Waals surface area (Å²) in [7, 11) is 0. The maximum Gasteiger partial charge on any atom is 0.415 e. The van der Waals surface area contributed by atoms with Crippen molar-refractivity contribution in [3.63, 3.8) is 0 Å². The molecule has 4 atom stereocenters. The normalized spacial score (nSPS) is 22.8. The number of anilines is 1. The van der Waals surface area contributed by atoms with E-state index in [4.69, 9.17) is 26.8 Å². The molecule has 0 radical (unpaired) electrons. The Hall–Kier alpha value is -3.96. The van der Waals surface area contributed by atoms with Crippen LogP contribution in [0.25, 0.3) is 11.2 Å². The third-order valence-corrected chi connectivity index (χ3v) is 7.38. The monoisotopic (exact) mass is 583 g/mol. The summed E-state index contributed by atoms with van der Waals surface area (Å²) in [4.78, 5) is 39.3. The van der Waals surface area contributed by atoms with Crippen molar-refractivity contribution in [1.82, 2.24) is 29.7 Å². The molecule has 2 aliphatic heterocycles. The highest BCUT2D eigenvalue weighted by Crippen LogP contribution is 2.32. The van der Waals surface area contributed by atoms with Gasteiger partial charge in [-0.25, -0.2) is 19.7 Å². The summed E-state index contributed by atoms with van der Waals surface area (Å²) in [6, 6.07) is 6.83. The summed E-state index contributed by atoms with van der Waals surface area (Å²) in [5.74, 6) is 6.36. The summed E-state index contributed by atoms with van der Waals surface area (Å²) in [6.45, 7) is 3.16. The second kappa shape index (κ2) is 12.3. The number of nitrogens with two attached hydrogens (primary N) is 1. The summed E-state index contributed by atoms with van der Waals surface area (Å²) in [5.41, 5.74) is 6.63. The zero-order valence-electron chi connectivity index (χ0n) is 22.2. The lowest BCUT2D eigenvalue weighted by molar-refractivity contribution is -0.137. The molecule has 13 nitrogen and oxygen atoms in total. The molecule has 41 heavy (non-hydrogen) atoms. The number of benzene rings is 1. The Morgan fingerprint density at radius 2 is 1.98 bits per heavy atom. The lowest BCUT2D eigenvalue weighted by atomic mass is 9.94. The number of carbonyl (C=O) groups excluding carboxylic acids is 2. The summed E-state index contributed by atoms with van der Waals surface area (Å²) >= 11 is 6.08. The zero-order chi connectivity index (χ0) is 29.1. The van der Waals surface area contributed by atoms with Crippen LogP contribution in [-0.2, 0) is 9.53 Å². The first-order valence-corrected chi connectivity index (χ1v) is 13.6. The van der Waals surface area contributed by atoms with Crippen molar-refractivity contribution >= 4 is 40.6 Å². The first kappa shape index (κ1) is 28.6. The van der Waals surface area contributed by atoms with Gasteiger partial charge in [-0.15, -0.1) is 0 Å². The highest BCUT2D eigenvalue weighted by atomic mass is 35.5. The van der Waals surface area contributed by atoms with Crippen LogP contribution in [0.1, 0.15) is 38.2 Å². The molecule has 14 heteroatoms. The number of para-hydroxylation sites is 1. The summed E-state index contributed by atoms with van der Waals surface area (Å²) in [6.07, 6.45) is -2.21. The smallest absolute Gasteiger partial charge is 0.409 e. The quantitative estimate of drug-likeness (QED) is 0.321. The van der Waals surface area contributed by atoms with E-state index < -0.39 is 36.5 Å². The molecule has 2 aliphatic rings. The predicted octanol–water partition coefficient (Wildman–Crippen LogP) is 1.47.